The molecule has 0 aliphatic rings. The summed E-state index contributed by atoms with van der Waals surface area (Å²) in [7, 11) is 7.46. The fraction of sp³-hybridized carbons (Fsp3) is 1.00. The molecule has 0 amide bonds. The minimum absolute atomic E-state index is 0.0485. The monoisotopic (exact) mass is 189 g/mol. The van der Waals surface area contributed by atoms with E-state index in [0.717, 1.165) is 6.42 Å². The molecule has 0 saturated heterocycles. The lowest BCUT2D eigenvalue weighted by atomic mass is 10.0. The van der Waals surface area contributed by atoms with Crippen LogP contribution in [0.2, 0.25) is 0 Å². The molecular formula is C10H23NO2. The number of methoxy groups -OCH3 is 2. The van der Waals surface area contributed by atoms with E-state index in [-0.39, 0.29) is 12.3 Å². The molecule has 0 fully saturated rings. The van der Waals surface area contributed by atoms with Gasteiger partial charge in [-0.15, -0.1) is 0 Å². The molecule has 0 aliphatic carbocycles. The van der Waals surface area contributed by atoms with Gasteiger partial charge in [0.05, 0.1) is 6.10 Å². The number of hydrogen-bond acceptors (Lipinski definition) is 3. The lowest BCUT2D eigenvalue weighted by molar-refractivity contribution is -0.108. The zero-order chi connectivity index (χ0) is 10.4. The van der Waals surface area contributed by atoms with Crippen LogP contribution in [0.1, 0.15) is 20.3 Å². The number of nitrogens with zero attached hydrogens (tertiary/aromatic N) is 1. The molecule has 13 heavy (non-hydrogen) atoms. The highest BCUT2D eigenvalue weighted by Crippen LogP contribution is 2.14. The Morgan fingerprint density at radius 1 is 1.08 bits per heavy atom. The largest absolute Gasteiger partial charge is 0.377 e. The van der Waals surface area contributed by atoms with Crippen LogP contribution in [0, 0.1) is 5.92 Å². The third-order valence-electron chi connectivity index (χ3n) is 2.07. The molecular weight excluding hydrogens is 166 g/mol. The summed E-state index contributed by atoms with van der Waals surface area (Å²) in [6, 6.07) is 0. The summed E-state index contributed by atoms with van der Waals surface area (Å²) in [5.74, 6) is 0.627. The summed E-state index contributed by atoms with van der Waals surface area (Å²) in [6.07, 6.45) is 1.22. The Bertz CT molecular complexity index is 126. The second kappa shape index (κ2) is 6.35. The standard InChI is InChI=1S/C10H23NO2/c1-8(2)7-9(12-5)10(13-6)11(3)4/h8-10H,7H2,1-6H3. The van der Waals surface area contributed by atoms with Crippen LogP contribution in [-0.2, 0) is 9.47 Å². The second-order valence-corrected chi connectivity index (χ2v) is 3.99. The molecule has 0 radical (unpaired) electrons. The van der Waals surface area contributed by atoms with Crippen LogP contribution in [0.25, 0.3) is 0 Å². The molecule has 0 aromatic heterocycles. The van der Waals surface area contributed by atoms with Crippen LogP contribution in [-0.4, -0.2) is 45.5 Å². The highest BCUT2D eigenvalue weighted by Gasteiger charge is 2.23. The molecule has 0 N–H and O–H groups in total. The normalized spacial score (nSPS) is 16.6. The summed E-state index contributed by atoms with van der Waals surface area (Å²) in [6.45, 7) is 4.38. The van der Waals surface area contributed by atoms with Crippen molar-refractivity contribution in [1.82, 2.24) is 4.90 Å². The Morgan fingerprint density at radius 2 is 1.62 bits per heavy atom. The quantitative estimate of drug-likeness (QED) is 0.592. The van der Waals surface area contributed by atoms with Crippen molar-refractivity contribution in [3.05, 3.63) is 0 Å². The van der Waals surface area contributed by atoms with Crippen molar-refractivity contribution in [2.24, 2.45) is 5.92 Å². The van der Waals surface area contributed by atoms with Gasteiger partial charge in [0.25, 0.3) is 0 Å². The van der Waals surface area contributed by atoms with Gasteiger partial charge in [0.1, 0.15) is 6.23 Å². The first kappa shape index (κ1) is 12.9. The van der Waals surface area contributed by atoms with Gasteiger partial charge >= 0.3 is 0 Å². The predicted molar refractivity (Wildman–Crippen MR) is 54.7 cm³/mol. The second-order valence-electron chi connectivity index (χ2n) is 3.99. The van der Waals surface area contributed by atoms with Crippen LogP contribution in [0.3, 0.4) is 0 Å². The van der Waals surface area contributed by atoms with Crippen molar-refractivity contribution >= 4 is 0 Å². The van der Waals surface area contributed by atoms with E-state index in [1.165, 1.54) is 0 Å². The highest BCUT2D eigenvalue weighted by atomic mass is 16.5. The van der Waals surface area contributed by atoms with E-state index in [9.17, 15) is 0 Å². The molecule has 0 heterocycles. The average Bonchev–Trinajstić information content (AvgIpc) is 2.02. The predicted octanol–water partition coefficient (Wildman–Crippen LogP) is 1.58. The van der Waals surface area contributed by atoms with E-state index in [0.29, 0.717) is 5.92 Å². The van der Waals surface area contributed by atoms with E-state index in [2.05, 4.69) is 13.8 Å². The Kier molecular flexibility index (Phi) is 6.29. The SMILES string of the molecule is COC(CC(C)C)C(OC)N(C)C. The lowest BCUT2D eigenvalue weighted by Gasteiger charge is -2.30. The summed E-state index contributed by atoms with van der Waals surface area (Å²) < 4.78 is 10.8. The van der Waals surface area contributed by atoms with Crippen molar-refractivity contribution < 1.29 is 9.47 Å². The molecule has 0 spiro atoms. The van der Waals surface area contributed by atoms with Gasteiger partial charge in [-0.1, -0.05) is 13.8 Å². The van der Waals surface area contributed by atoms with Gasteiger partial charge < -0.3 is 9.47 Å². The van der Waals surface area contributed by atoms with Crippen LogP contribution < -0.4 is 0 Å². The number of rotatable bonds is 6. The Hall–Kier alpha value is -0.120. The highest BCUT2D eigenvalue weighted by molar-refractivity contribution is 4.69. The summed E-state index contributed by atoms with van der Waals surface area (Å²) in [4.78, 5) is 2.04. The minimum Gasteiger partial charge on any atom is -0.377 e. The number of ether oxygens (including phenoxy) is 2. The fourth-order valence-corrected chi connectivity index (χ4v) is 1.49. The fourth-order valence-electron chi connectivity index (χ4n) is 1.49. The van der Waals surface area contributed by atoms with Crippen molar-refractivity contribution in [1.29, 1.82) is 0 Å². The van der Waals surface area contributed by atoms with E-state index < -0.39 is 0 Å². The Balaban J connectivity index is 4.16. The van der Waals surface area contributed by atoms with Gasteiger partial charge in [0.2, 0.25) is 0 Å². The molecule has 3 heteroatoms. The van der Waals surface area contributed by atoms with E-state index in [4.69, 9.17) is 9.47 Å². The van der Waals surface area contributed by atoms with Crippen LogP contribution in [0.4, 0.5) is 0 Å². The molecule has 3 nitrogen and oxygen atoms in total. The molecule has 0 aliphatic heterocycles. The topological polar surface area (TPSA) is 21.7 Å². The van der Waals surface area contributed by atoms with Crippen LogP contribution in [0.15, 0.2) is 0 Å². The van der Waals surface area contributed by atoms with Crippen LogP contribution in [0.5, 0.6) is 0 Å². The maximum absolute atomic E-state index is 5.41. The van der Waals surface area contributed by atoms with Crippen molar-refractivity contribution in [3.8, 4) is 0 Å². The molecule has 0 aromatic carbocycles. The van der Waals surface area contributed by atoms with Gasteiger partial charge in [0.15, 0.2) is 0 Å². The molecule has 0 rings (SSSR count). The molecule has 2 atom stereocenters. The van der Waals surface area contributed by atoms with Gasteiger partial charge in [-0.05, 0) is 26.4 Å². The van der Waals surface area contributed by atoms with Gasteiger partial charge in [-0.2, -0.15) is 0 Å². The zero-order valence-electron chi connectivity index (χ0n) is 9.70. The van der Waals surface area contributed by atoms with E-state index in [1.54, 1.807) is 14.2 Å². The molecule has 0 aromatic rings. The van der Waals surface area contributed by atoms with Crippen molar-refractivity contribution in [2.45, 2.75) is 32.6 Å². The van der Waals surface area contributed by atoms with Gasteiger partial charge in [-0.3, -0.25) is 4.90 Å². The third kappa shape index (κ3) is 4.60. The Morgan fingerprint density at radius 3 is 1.85 bits per heavy atom. The first-order valence-corrected chi connectivity index (χ1v) is 4.75. The minimum atomic E-state index is 0.0485. The maximum Gasteiger partial charge on any atom is 0.136 e. The Labute approximate surface area is 82.0 Å². The summed E-state index contributed by atoms with van der Waals surface area (Å²) >= 11 is 0. The van der Waals surface area contributed by atoms with Crippen molar-refractivity contribution in [2.75, 3.05) is 28.3 Å². The van der Waals surface area contributed by atoms with Crippen LogP contribution >= 0.6 is 0 Å². The van der Waals surface area contributed by atoms with E-state index >= 15 is 0 Å². The lowest BCUT2D eigenvalue weighted by Crippen LogP contribution is -2.42. The third-order valence-corrected chi connectivity index (χ3v) is 2.07. The summed E-state index contributed by atoms with van der Waals surface area (Å²) in [5.41, 5.74) is 0. The maximum atomic E-state index is 5.41. The molecule has 0 bridgehead atoms. The molecule has 80 valence electrons. The summed E-state index contributed by atoms with van der Waals surface area (Å²) in [5, 5.41) is 0. The molecule has 2 unspecified atom stereocenters. The zero-order valence-corrected chi connectivity index (χ0v) is 9.70. The first-order chi connectivity index (χ1) is 6.02. The van der Waals surface area contributed by atoms with Gasteiger partial charge in [0, 0.05) is 14.2 Å². The number of hydrogen-bond donors (Lipinski definition) is 0. The van der Waals surface area contributed by atoms with E-state index in [1.807, 2.05) is 19.0 Å². The van der Waals surface area contributed by atoms with Gasteiger partial charge in [-0.25, -0.2) is 0 Å². The van der Waals surface area contributed by atoms with Crippen molar-refractivity contribution in [3.63, 3.8) is 0 Å². The molecule has 0 saturated carbocycles. The first-order valence-electron chi connectivity index (χ1n) is 4.75. The number of likely N-dealkylation sites (N-methyl/N-ethyl adjacent to an activating group) is 1. The smallest absolute Gasteiger partial charge is 0.136 e. The average molecular weight is 189 g/mol.